The summed E-state index contributed by atoms with van der Waals surface area (Å²) in [4.78, 5) is 10.7. The molecule has 16 heavy (non-hydrogen) atoms. The van der Waals surface area contributed by atoms with Gasteiger partial charge >= 0.3 is 0 Å². The van der Waals surface area contributed by atoms with Gasteiger partial charge in [0.15, 0.2) is 0 Å². The summed E-state index contributed by atoms with van der Waals surface area (Å²) >= 11 is 6.04. The van der Waals surface area contributed by atoms with E-state index in [0.29, 0.717) is 11.2 Å². The van der Waals surface area contributed by atoms with Crippen LogP contribution in [0.1, 0.15) is 32.3 Å². The van der Waals surface area contributed by atoms with Gasteiger partial charge in [0.05, 0.1) is 0 Å². The van der Waals surface area contributed by atoms with Gasteiger partial charge in [-0.3, -0.25) is 0 Å². The lowest BCUT2D eigenvalue weighted by atomic mass is 9.95. The Bertz CT molecular complexity index is 381. The summed E-state index contributed by atoms with van der Waals surface area (Å²) < 4.78 is 0. The van der Waals surface area contributed by atoms with Gasteiger partial charge in [0.25, 0.3) is 0 Å². The quantitative estimate of drug-likeness (QED) is 0.706. The highest BCUT2D eigenvalue weighted by molar-refractivity contribution is 6.30. The van der Waals surface area contributed by atoms with E-state index in [1.807, 2.05) is 6.92 Å². The molecule has 1 fully saturated rings. The molecule has 2 unspecified atom stereocenters. The average molecular weight is 240 g/mol. The van der Waals surface area contributed by atoms with Crippen molar-refractivity contribution in [1.29, 1.82) is 0 Å². The maximum absolute atomic E-state index is 6.04. The normalized spacial score (nSPS) is 25.9. The molecule has 2 heterocycles. The maximum atomic E-state index is 6.04. The number of nitrogens with zero attached hydrogens (tertiary/aromatic N) is 3. The lowest BCUT2D eigenvalue weighted by Crippen LogP contribution is -2.42. The van der Waals surface area contributed by atoms with Crippen molar-refractivity contribution >= 4 is 17.4 Å². The summed E-state index contributed by atoms with van der Waals surface area (Å²) in [6, 6.07) is 0.542. The average Bonchev–Trinajstić information content (AvgIpc) is 2.26. The lowest BCUT2D eigenvalue weighted by molar-refractivity contribution is 0.387. The fourth-order valence-electron chi connectivity index (χ4n) is 2.29. The molecule has 0 bridgehead atoms. The van der Waals surface area contributed by atoms with Crippen molar-refractivity contribution in [2.24, 2.45) is 5.92 Å². The fourth-order valence-corrected chi connectivity index (χ4v) is 2.42. The van der Waals surface area contributed by atoms with Crippen LogP contribution in [-0.4, -0.2) is 22.6 Å². The van der Waals surface area contributed by atoms with E-state index in [2.05, 4.69) is 28.7 Å². The molecule has 2 atom stereocenters. The van der Waals surface area contributed by atoms with Crippen LogP contribution in [0.4, 0.5) is 5.82 Å². The van der Waals surface area contributed by atoms with E-state index in [1.165, 1.54) is 12.8 Å². The number of rotatable bonds is 1. The van der Waals surface area contributed by atoms with Crippen molar-refractivity contribution in [3.05, 3.63) is 17.0 Å². The molecule has 1 aliphatic rings. The zero-order valence-electron chi connectivity index (χ0n) is 10.1. The third kappa shape index (κ3) is 2.14. The molecule has 0 radical (unpaired) electrons. The summed E-state index contributed by atoms with van der Waals surface area (Å²) in [5, 5.41) is 0.565. The highest BCUT2D eigenvalue weighted by atomic mass is 35.5. The molecule has 1 aromatic heterocycles. The van der Waals surface area contributed by atoms with Crippen LogP contribution < -0.4 is 4.90 Å². The number of hydrogen-bond acceptors (Lipinski definition) is 3. The Morgan fingerprint density at radius 1 is 1.31 bits per heavy atom. The Morgan fingerprint density at radius 3 is 2.81 bits per heavy atom. The smallest absolute Gasteiger partial charge is 0.137 e. The Labute approximate surface area is 102 Å². The number of anilines is 1. The van der Waals surface area contributed by atoms with Gasteiger partial charge in [-0.05, 0) is 32.6 Å². The summed E-state index contributed by atoms with van der Waals surface area (Å²) in [5.41, 5.74) is 0.991. The summed E-state index contributed by atoms with van der Waals surface area (Å²) in [5.74, 6) is 1.73. The molecule has 1 aliphatic heterocycles. The molecular formula is C12H18ClN3. The molecule has 0 N–H and O–H groups in total. The zero-order valence-corrected chi connectivity index (χ0v) is 10.8. The topological polar surface area (TPSA) is 29.0 Å². The summed E-state index contributed by atoms with van der Waals surface area (Å²) in [7, 11) is 0. The van der Waals surface area contributed by atoms with Crippen molar-refractivity contribution in [1.82, 2.24) is 9.97 Å². The van der Waals surface area contributed by atoms with Crippen molar-refractivity contribution in [3.8, 4) is 0 Å². The van der Waals surface area contributed by atoms with Crippen molar-refractivity contribution < 1.29 is 0 Å². The SMILES string of the molecule is Cc1c(Cl)ncnc1N1CC(C)CCC1C. The van der Waals surface area contributed by atoms with Crippen LogP contribution in [0.2, 0.25) is 5.15 Å². The van der Waals surface area contributed by atoms with Crippen molar-refractivity contribution in [2.45, 2.75) is 39.7 Å². The number of piperidine rings is 1. The predicted octanol–water partition coefficient (Wildman–Crippen LogP) is 3.06. The zero-order chi connectivity index (χ0) is 11.7. The van der Waals surface area contributed by atoms with E-state index in [-0.39, 0.29) is 0 Å². The maximum Gasteiger partial charge on any atom is 0.137 e. The van der Waals surface area contributed by atoms with E-state index in [9.17, 15) is 0 Å². The van der Waals surface area contributed by atoms with E-state index in [0.717, 1.165) is 23.8 Å². The monoisotopic (exact) mass is 239 g/mol. The van der Waals surface area contributed by atoms with Gasteiger partial charge in [-0.1, -0.05) is 18.5 Å². The second-order valence-corrected chi connectivity index (χ2v) is 5.16. The summed E-state index contributed by atoms with van der Waals surface area (Å²) in [6.07, 6.45) is 4.08. The molecular weight excluding hydrogens is 222 g/mol. The van der Waals surface area contributed by atoms with Gasteiger partial charge in [-0.2, -0.15) is 0 Å². The Morgan fingerprint density at radius 2 is 2.06 bits per heavy atom. The molecule has 1 aromatic rings. The highest BCUT2D eigenvalue weighted by Crippen LogP contribution is 2.29. The largest absolute Gasteiger partial charge is 0.353 e. The van der Waals surface area contributed by atoms with Gasteiger partial charge in [0.2, 0.25) is 0 Å². The van der Waals surface area contributed by atoms with Crippen LogP contribution in [0.3, 0.4) is 0 Å². The minimum Gasteiger partial charge on any atom is -0.353 e. The van der Waals surface area contributed by atoms with Crippen molar-refractivity contribution in [2.75, 3.05) is 11.4 Å². The minimum absolute atomic E-state index is 0.542. The first-order chi connectivity index (χ1) is 7.59. The van der Waals surface area contributed by atoms with E-state index >= 15 is 0 Å². The Kier molecular flexibility index (Phi) is 3.33. The first-order valence-electron chi connectivity index (χ1n) is 5.83. The molecule has 4 heteroatoms. The minimum atomic E-state index is 0.542. The van der Waals surface area contributed by atoms with Crippen molar-refractivity contribution in [3.63, 3.8) is 0 Å². The van der Waals surface area contributed by atoms with Gasteiger partial charge in [0.1, 0.15) is 17.3 Å². The third-order valence-electron chi connectivity index (χ3n) is 3.39. The number of hydrogen-bond donors (Lipinski definition) is 0. The molecule has 2 rings (SSSR count). The van der Waals surface area contributed by atoms with E-state index in [1.54, 1.807) is 6.33 Å². The molecule has 0 aliphatic carbocycles. The van der Waals surface area contributed by atoms with Crippen LogP contribution in [0.25, 0.3) is 0 Å². The molecule has 0 spiro atoms. The Balaban J connectivity index is 2.31. The first-order valence-corrected chi connectivity index (χ1v) is 6.21. The lowest BCUT2D eigenvalue weighted by Gasteiger charge is -2.38. The first kappa shape index (κ1) is 11.6. The summed E-state index contributed by atoms with van der Waals surface area (Å²) in [6.45, 7) is 7.59. The van der Waals surface area contributed by atoms with Gasteiger partial charge in [0, 0.05) is 18.2 Å². The van der Waals surface area contributed by atoms with Gasteiger partial charge < -0.3 is 4.90 Å². The predicted molar refractivity (Wildman–Crippen MR) is 67.0 cm³/mol. The molecule has 3 nitrogen and oxygen atoms in total. The molecule has 1 saturated heterocycles. The van der Waals surface area contributed by atoms with Crippen LogP contribution in [0.15, 0.2) is 6.33 Å². The number of halogens is 1. The highest BCUT2D eigenvalue weighted by Gasteiger charge is 2.25. The fraction of sp³-hybridized carbons (Fsp3) is 0.667. The second-order valence-electron chi connectivity index (χ2n) is 4.80. The standard InChI is InChI=1S/C12H18ClN3/c1-8-4-5-9(2)16(6-8)12-10(3)11(13)14-7-15-12/h7-9H,4-6H2,1-3H3. The van der Waals surface area contributed by atoms with Crippen LogP contribution >= 0.6 is 11.6 Å². The molecule has 88 valence electrons. The third-order valence-corrected chi connectivity index (χ3v) is 3.77. The van der Waals surface area contributed by atoms with E-state index < -0.39 is 0 Å². The van der Waals surface area contributed by atoms with Crippen LogP contribution in [-0.2, 0) is 0 Å². The second kappa shape index (κ2) is 4.58. The van der Waals surface area contributed by atoms with Crippen LogP contribution in [0.5, 0.6) is 0 Å². The molecule has 0 aromatic carbocycles. The molecule has 0 amide bonds. The molecule has 0 saturated carbocycles. The van der Waals surface area contributed by atoms with Gasteiger partial charge in [-0.15, -0.1) is 0 Å². The van der Waals surface area contributed by atoms with Crippen LogP contribution in [0, 0.1) is 12.8 Å². The van der Waals surface area contributed by atoms with Gasteiger partial charge in [-0.25, -0.2) is 9.97 Å². The van der Waals surface area contributed by atoms with E-state index in [4.69, 9.17) is 11.6 Å². The Hall–Kier alpha value is -0.830. The number of aromatic nitrogens is 2.